The molecule has 0 saturated carbocycles. The Bertz CT molecular complexity index is 374. The Hall–Kier alpha value is -0.790. The largest absolute Gasteiger partial charge is 0.372 e. The molecule has 0 spiro atoms. The summed E-state index contributed by atoms with van der Waals surface area (Å²) in [5.41, 5.74) is 1.17. The van der Waals surface area contributed by atoms with E-state index in [0.717, 1.165) is 31.4 Å². The first-order valence-electron chi connectivity index (χ1n) is 8.71. The summed E-state index contributed by atoms with van der Waals surface area (Å²) in [6.45, 7) is 14.4. The maximum Gasteiger partial charge on any atom is 0.160 e. The smallest absolute Gasteiger partial charge is 0.160 e. The van der Waals surface area contributed by atoms with Crippen LogP contribution in [0.2, 0.25) is 0 Å². The number of Topliss-reactive ketones (excluding diaryl/α,β-unsaturated/α-hetero) is 1. The average Bonchev–Trinajstić information content (AvgIpc) is 2.36. The van der Waals surface area contributed by atoms with Crippen LogP contribution in [0.4, 0.5) is 0 Å². The van der Waals surface area contributed by atoms with Crippen molar-refractivity contribution in [2.24, 2.45) is 5.41 Å². The third-order valence-electron chi connectivity index (χ3n) is 4.66. The van der Waals surface area contributed by atoms with Crippen LogP contribution in [0.3, 0.4) is 0 Å². The lowest BCUT2D eigenvalue weighted by atomic mass is 9.76. The fraction of sp³-hybridized carbons (Fsp3) is 0.842. The van der Waals surface area contributed by atoms with Crippen LogP contribution in [0.15, 0.2) is 11.8 Å². The molecule has 0 fully saturated rings. The van der Waals surface area contributed by atoms with Gasteiger partial charge in [-0.3, -0.25) is 4.79 Å². The quantitative estimate of drug-likeness (QED) is 0.591. The summed E-state index contributed by atoms with van der Waals surface area (Å²) < 4.78 is 0. The first-order chi connectivity index (χ1) is 9.68. The van der Waals surface area contributed by atoms with E-state index in [2.05, 4.69) is 52.6 Å². The van der Waals surface area contributed by atoms with Crippen molar-refractivity contribution in [2.45, 2.75) is 92.0 Å². The van der Waals surface area contributed by atoms with Gasteiger partial charge in [-0.05, 0) is 39.0 Å². The SMILES string of the molecule is CCCCCCCC(=O)C1=CN(C(C)(C)C)CCC1(C)C. The van der Waals surface area contributed by atoms with Gasteiger partial charge in [-0.25, -0.2) is 0 Å². The Morgan fingerprint density at radius 3 is 2.38 bits per heavy atom. The molecule has 0 aromatic carbocycles. The normalized spacial score (nSPS) is 18.6. The highest BCUT2D eigenvalue weighted by molar-refractivity contribution is 5.96. The Morgan fingerprint density at radius 2 is 1.81 bits per heavy atom. The van der Waals surface area contributed by atoms with Crippen LogP contribution < -0.4 is 0 Å². The molecule has 2 nitrogen and oxygen atoms in total. The monoisotopic (exact) mass is 293 g/mol. The van der Waals surface area contributed by atoms with E-state index in [0.29, 0.717) is 5.78 Å². The van der Waals surface area contributed by atoms with E-state index in [1.165, 1.54) is 25.7 Å². The number of carbonyl (C=O) groups is 1. The summed E-state index contributed by atoms with van der Waals surface area (Å²) in [5, 5.41) is 0. The molecule has 122 valence electrons. The fourth-order valence-corrected chi connectivity index (χ4v) is 2.93. The van der Waals surface area contributed by atoms with Crippen molar-refractivity contribution < 1.29 is 4.79 Å². The molecule has 1 heterocycles. The van der Waals surface area contributed by atoms with Gasteiger partial charge in [0, 0.05) is 30.3 Å². The number of carbonyl (C=O) groups excluding carboxylic acids is 1. The van der Waals surface area contributed by atoms with Crippen LogP contribution in [-0.4, -0.2) is 22.8 Å². The van der Waals surface area contributed by atoms with E-state index < -0.39 is 0 Å². The van der Waals surface area contributed by atoms with Gasteiger partial charge >= 0.3 is 0 Å². The van der Waals surface area contributed by atoms with Gasteiger partial charge in [-0.15, -0.1) is 0 Å². The molecule has 21 heavy (non-hydrogen) atoms. The lowest BCUT2D eigenvalue weighted by molar-refractivity contribution is -0.117. The van der Waals surface area contributed by atoms with Gasteiger partial charge in [0.05, 0.1) is 0 Å². The molecule has 0 aliphatic carbocycles. The molecular weight excluding hydrogens is 258 g/mol. The van der Waals surface area contributed by atoms with E-state index in [-0.39, 0.29) is 11.0 Å². The fourth-order valence-electron chi connectivity index (χ4n) is 2.93. The third-order valence-corrected chi connectivity index (χ3v) is 4.66. The topological polar surface area (TPSA) is 20.3 Å². The molecule has 0 amide bonds. The summed E-state index contributed by atoms with van der Waals surface area (Å²) >= 11 is 0. The van der Waals surface area contributed by atoms with Crippen LogP contribution in [0.1, 0.15) is 86.5 Å². The van der Waals surface area contributed by atoms with Crippen molar-refractivity contribution >= 4 is 5.78 Å². The van der Waals surface area contributed by atoms with Crippen LogP contribution in [0.25, 0.3) is 0 Å². The maximum absolute atomic E-state index is 12.6. The number of allylic oxidation sites excluding steroid dienone is 1. The highest BCUT2D eigenvalue weighted by Crippen LogP contribution is 2.37. The van der Waals surface area contributed by atoms with Crippen molar-refractivity contribution in [2.75, 3.05) is 6.54 Å². The van der Waals surface area contributed by atoms with Gasteiger partial charge in [0.25, 0.3) is 0 Å². The molecule has 0 aromatic heterocycles. The number of nitrogens with zero attached hydrogens (tertiary/aromatic N) is 1. The summed E-state index contributed by atoms with van der Waals surface area (Å²) in [6, 6.07) is 0. The first-order valence-corrected chi connectivity index (χ1v) is 8.71. The summed E-state index contributed by atoms with van der Waals surface area (Å²) in [7, 11) is 0. The number of unbranched alkanes of at least 4 members (excludes halogenated alkanes) is 4. The van der Waals surface area contributed by atoms with E-state index in [1.807, 2.05) is 0 Å². The van der Waals surface area contributed by atoms with Crippen LogP contribution in [-0.2, 0) is 4.79 Å². The molecule has 1 aliphatic heterocycles. The second kappa shape index (κ2) is 7.47. The lowest BCUT2D eigenvalue weighted by Gasteiger charge is -2.43. The molecule has 0 N–H and O–H groups in total. The maximum atomic E-state index is 12.6. The van der Waals surface area contributed by atoms with Gasteiger partial charge < -0.3 is 4.90 Å². The second-order valence-electron chi connectivity index (χ2n) is 8.13. The molecule has 0 unspecified atom stereocenters. The minimum absolute atomic E-state index is 0.0300. The average molecular weight is 293 g/mol. The number of hydrogen-bond donors (Lipinski definition) is 0. The van der Waals surface area contributed by atoms with E-state index >= 15 is 0 Å². The minimum atomic E-state index is 0.0300. The Balaban J connectivity index is 2.67. The third kappa shape index (κ3) is 5.48. The molecule has 0 atom stereocenters. The Kier molecular flexibility index (Phi) is 6.49. The van der Waals surface area contributed by atoms with E-state index in [1.54, 1.807) is 0 Å². The van der Waals surface area contributed by atoms with Crippen LogP contribution >= 0.6 is 0 Å². The number of ketones is 1. The zero-order valence-electron chi connectivity index (χ0n) is 15.1. The van der Waals surface area contributed by atoms with Crippen molar-refractivity contribution in [1.82, 2.24) is 4.90 Å². The summed E-state index contributed by atoms with van der Waals surface area (Å²) in [6.07, 6.45) is 9.98. The molecule has 0 saturated heterocycles. The molecule has 0 aromatic rings. The van der Waals surface area contributed by atoms with Crippen LogP contribution in [0.5, 0.6) is 0 Å². The standard InChI is InChI=1S/C19H35NO/c1-7-8-9-10-11-12-17(21)16-15-20(18(2,3)4)14-13-19(16,5)6/h15H,7-14H2,1-6H3. The lowest BCUT2D eigenvalue weighted by Crippen LogP contribution is -2.44. The molecule has 1 rings (SSSR count). The minimum Gasteiger partial charge on any atom is -0.372 e. The second-order valence-corrected chi connectivity index (χ2v) is 8.13. The van der Waals surface area contributed by atoms with Crippen LogP contribution in [0, 0.1) is 5.41 Å². The highest BCUT2D eigenvalue weighted by Gasteiger charge is 2.34. The van der Waals surface area contributed by atoms with Crippen molar-refractivity contribution in [3.63, 3.8) is 0 Å². The zero-order chi connectivity index (χ0) is 16.1. The van der Waals surface area contributed by atoms with Gasteiger partial charge in [0.1, 0.15) is 0 Å². The van der Waals surface area contributed by atoms with Gasteiger partial charge in [-0.2, -0.15) is 0 Å². The predicted molar refractivity (Wildman–Crippen MR) is 91.3 cm³/mol. The summed E-state index contributed by atoms with van der Waals surface area (Å²) in [4.78, 5) is 15.0. The number of rotatable bonds is 7. The van der Waals surface area contributed by atoms with Crippen molar-refractivity contribution in [3.05, 3.63) is 11.8 Å². The first kappa shape index (κ1) is 18.3. The van der Waals surface area contributed by atoms with Crippen molar-refractivity contribution in [1.29, 1.82) is 0 Å². The van der Waals surface area contributed by atoms with Gasteiger partial charge in [-0.1, -0.05) is 46.5 Å². The molecular formula is C19H35NO. The number of hydrogen-bond acceptors (Lipinski definition) is 2. The van der Waals surface area contributed by atoms with E-state index in [9.17, 15) is 4.79 Å². The predicted octanol–water partition coefficient (Wildman–Crippen LogP) is 5.33. The molecule has 2 heteroatoms. The highest BCUT2D eigenvalue weighted by atomic mass is 16.1. The molecule has 0 bridgehead atoms. The zero-order valence-corrected chi connectivity index (χ0v) is 15.1. The molecule has 1 aliphatic rings. The summed E-state index contributed by atoms with van der Waals surface area (Å²) in [5.74, 6) is 0.366. The Labute approximate surface area is 132 Å². The van der Waals surface area contributed by atoms with E-state index in [4.69, 9.17) is 0 Å². The van der Waals surface area contributed by atoms with Gasteiger partial charge in [0.2, 0.25) is 0 Å². The van der Waals surface area contributed by atoms with Gasteiger partial charge in [0.15, 0.2) is 5.78 Å². The Morgan fingerprint density at radius 1 is 1.19 bits per heavy atom. The molecule has 0 radical (unpaired) electrons. The van der Waals surface area contributed by atoms with Crippen molar-refractivity contribution in [3.8, 4) is 0 Å².